The third-order valence-electron chi connectivity index (χ3n) is 8.03. The standard InChI is InChI=1S/C36H42N4O7/c1-22(2)31(34(43)38-21-26-16-17-27(47-3)19-30(26)41)40-35(44)32(37-20-25-14-9-13-24-12-7-8-15-28(24)25)33(42)29(39-36(45)46)18-23-10-5-4-6-11-23/h4-17,19,22,29,31-33,37,39,41-42H,18,20-21H2,1-3H3,(H,38,43)(H,40,44)(H,45,46)/t29-,31-,32+,33+/m0/s1. The molecule has 4 aromatic carbocycles. The minimum atomic E-state index is -1.52. The molecule has 4 atom stereocenters. The van der Waals surface area contributed by atoms with E-state index in [0.29, 0.717) is 11.3 Å². The molecule has 4 aromatic rings. The second kappa shape index (κ2) is 16.4. The molecule has 11 nitrogen and oxygen atoms in total. The van der Waals surface area contributed by atoms with Crippen molar-refractivity contribution in [2.45, 2.75) is 57.6 Å². The Labute approximate surface area is 274 Å². The minimum absolute atomic E-state index is 0.000811. The first-order chi connectivity index (χ1) is 22.6. The average Bonchev–Trinajstić information content (AvgIpc) is 3.06. The van der Waals surface area contributed by atoms with Crippen LogP contribution in [0.25, 0.3) is 10.8 Å². The van der Waals surface area contributed by atoms with Crippen LogP contribution in [0, 0.1) is 5.92 Å². The third-order valence-corrected chi connectivity index (χ3v) is 8.03. The van der Waals surface area contributed by atoms with Gasteiger partial charge in [0.15, 0.2) is 0 Å². The Hall–Kier alpha value is -5.13. The molecule has 11 heteroatoms. The fourth-order valence-electron chi connectivity index (χ4n) is 5.44. The maximum atomic E-state index is 14.0. The van der Waals surface area contributed by atoms with Gasteiger partial charge in [-0.1, -0.05) is 86.6 Å². The van der Waals surface area contributed by atoms with Gasteiger partial charge in [-0.05, 0) is 46.4 Å². The van der Waals surface area contributed by atoms with Gasteiger partial charge >= 0.3 is 6.09 Å². The molecule has 0 heterocycles. The predicted octanol–water partition coefficient (Wildman–Crippen LogP) is 3.71. The van der Waals surface area contributed by atoms with Crippen molar-refractivity contribution in [2.75, 3.05) is 7.11 Å². The van der Waals surface area contributed by atoms with E-state index in [4.69, 9.17) is 4.74 Å². The number of amides is 3. The molecule has 4 rings (SSSR count). The van der Waals surface area contributed by atoms with Crippen molar-refractivity contribution in [3.63, 3.8) is 0 Å². The topological polar surface area (TPSA) is 169 Å². The van der Waals surface area contributed by atoms with E-state index >= 15 is 0 Å². The molecule has 0 bridgehead atoms. The van der Waals surface area contributed by atoms with Crippen LogP contribution in [0.1, 0.15) is 30.5 Å². The van der Waals surface area contributed by atoms with Gasteiger partial charge in [-0.2, -0.15) is 0 Å². The van der Waals surface area contributed by atoms with Crippen LogP contribution >= 0.6 is 0 Å². The van der Waals surface area contributed by atoms with Gasteiger partial charge in [0.1, 0.15) is 23.6 Å². The highest BCUT2D eigenvalue weighted by Gasteiger charge is 2.36. The molecule has 0 aromatic heterocycles. The second-order valence-corrected chi connectivity index (χ2v) is 11.7. The summed E-state index contributed by atoms with van der Waals surface area (Å²) >= 11 is 0. The molecule has 7 N–H and O–H groups in total. The summed E-state index contributed by atoms with van der Waals surface area (Å²) in [4.78, 5) is 39.2. The molecule has 0 unspecified atom stereocenters. The number of aromatic hydroxyl groups is 1. The van der Waals surface area contributed by atoms with Gasteiger partial charge < -0.3 is 36.0 Å². The van der Waals surface area contributed by atoms with Crippen molar-refractivity contribution in [2.24, 2.45) is 5.92 Å². The summed E-state index contributed by atoms with van der Waals surface area (Å²) in [5.41, 5.74) is 2.10. The summed E-state index contributed by atoms with van der Waals surface area (Å²) < 4.78 is 5.11. The lowest BCUT2D eigenvalue weighted by Crippen LogP contribution is -2.62. The molecule has 0 aliphatic heterocycles. The molecule has 248 valence electrons. The summed E-state index contributed by atoms with van der Waals surface area (Å²) in [5, 5.41) is 44.7. The molecular weight excluding hydrogens is 600 g/mol. The van der Waals surface area contributed by atoms with Crippen molar-refractivity contribution in [3.8, 4) is 11.5 Å². The van der Waals surface area contributed by atoms with E-state index in [1.807, 2.05) is 60.7 Å². The number of carbonyl (C=O) groups is 3. The number of nitrogens with one attached hydrogen (secondary N) is 4. The van der Waals surface area contributed by atoms with E-state index in [-0.39, 0.29) is 31.2 Å². The quantitative estimate of drug-likeness (QED) is 0.103. The van der Waals surface area contributed by atoms with E-state index in [1.54, 1.807) is 38.1 Å². The average molecular weight is 643 g/mol. The Morgan fingerprint density at radius 2 is 1.49 bits per heavy atom. The van der Waals surface area contributed by atoms with Crippen molar-refractivity contribution < 1.29 is 34.4 Å². The van der Waals surface area contributed by atoms with Crippen molar-refractivity contribution >= 4 is 28.7 Å². The molecule has 0 saturated carbocycles. The number of rotatable bonds is 15. The molecule has 47 heavy (non-hydrogen) atoms. The van der Waals surface area contributed by atoms with Gasteiger partial charge in [-0.3, -0.25) is 14.9 Å². The summed E-state index contributed by atoms with van der Waals surface area (Å²) in [6.45, 7) is 3.72. The highest BCUT2D eigenvalue weighted by molar-refractivity contribution is 5.90. The number of fused-ring (bicyclic) bond motifs is 1. The maximum absolute atomic E-state index is 14.0. The number of hydrogen-bond donors (Lipinski definition) is 7. The number of aliphatic hydroxyl groups excluding tert-OH is 1. The number of ether oxygens (including phenoxy) is 1. The van der Waals surface area contributed by atoms with Crippen molar-refractivity contribution in [1.29, 1.82) is 0 Å². The monoisotopic (exact) mass is 642 g/mol. The van der Waals surface area contributed by atoms with Crippen LogP contribution in [0.4, 0.5) is 4.79 Å². The highest BCUT2D eigenvalue weighted by Crippen LogP contribution is 2.23. The summed E-state index contributed by atoms with van der Waals surface area (Å²) in [7, 11) is 1.48. The maximum Gasteiger partial charge on any atom is 0.404 e. The first-order valence-electron chi connectivity index (χ1n) is 15.4. The number of methoxy groups -OCH3 is 1. The van der Waals surface area contributed by atoms with Gasteiger partial charge in [0, 0.05) is 24.7 Å². The Morgan fingerprint density at radius 1 is 0.787 bits per heavy atom. The van der Waals surface area contributed by atoms with Gasteiger partial charge in [0.2, 0.25) is 11.8 Å². The van der Waals surface area contributed by atoms with Crippen LogP contribution in [0.5, 0.6) is 11.5 Å². The zero-order chi connectivity index (χ0) is 33.9. The molecule has 0 fully saturated rings. The Kier molecular flexibility index (Phi) is 12.1. The molecule has 0 aliphatic rings. The number of aliphatic hydroxyl groups is 1. The van der Waals surface area contributed by atoms with Gasteiger partial charge in [0.05, 0.1) is 19.3 Å². The third kappa shape index (κ3) is 9.44. The first kappa shape index (κ1) is 34.7. The number of phenolic OH excluding ortho intramolecular Hbond substituents is 1. The van der Waals surface area contributed by atoms with Crippen molar-refractivity contribution in [3.05, 3.63) is 108 Å². The van der Waals surface area contributed by atoms with Crippen LogP contribution in [-0.2, 0) is 29.1 Å². The number of benzene rings is 4. The normalized spacial score (nSPS) is 13.7. The van der Waals surface area contributed by atoms with Gasteiger partial charge in [0.25, 0.3) is 0 Å². The zero-order valence-corrected chi connectivity index (χ0v) is 26.6. The molecule has 0 saturated heterocycles. The summed E-state index contributed by atoms with van der Waals surface area (Å²) in [6, 6.07) is 24.0. The number of phenols is 1. The van der Waals surface area contributed by atoms with E-state index in [0.717, 1.165) is 21.9 Å². The SMILES string of the molecule is COc1ccc(CNC(=O)[C@@H](NC(=O)[C@H](NCc2cccc3ccccc23)[C@H](O)[C@H](Cc2ccccc2)NC(=O)O)C(C)C)c(O)c1. The second-order valence-electron chi connectivity index (χ2n) is 11.7. The predicted molar refractivity (Wildman–Crippen MR) is 179 cm³/mol. The lowest BCUT2D eigenvalue weighted by atomic mass is 9.94. The lowest BCUT2D eigenvalue weighted by Gasteiger charge is -2.32. The highest BCUT2D eigenvalue weighted by atomic mass is 16.5. The van der Waals surface area contributed by atoms with Crippen molar-refractivity contribution in [1.82, 2.24) is 21.3 Å². The Balaban J connectivity index is 1.58. The zero-order valence-electron chi connectivity index (χ0n) is 26.6. The first-order valence-corrected chi connectivity index (χ1v) is 15.4. The van der Waals surface area contributed by atoms with Gasteiger partial charge in [-0.15, -0.1) is 0 Å². The molecular formula is C36H42N4O7. The van der Waals surface area contributed by atoms with Crippen LogP contribution in [0.15, 0.2) is 91.0 Å². The largest absolute Gasteiger partial charge is 0.507 e. The fourth-order valence-corrected chi connectivity index (χ4v) is 5.44. The summed E-state index contributed by atoms with van der Waals surface area (Å²) in [5.74, 6) is -1.10. The minimum Gasteiger partial charge on any atom is -0.507 e. The van der Waals surface area contributed by atoms with Crippen LogP contribution in [0.3, 0.4) is 0 Å². The van der Waals surface area contributed by atoms with E-state index in [1.165, 1.54) is 13.2 Å². The smallest absolute Gasteiger partial charge is 0.404 e. The van der Waals surface area contributed by atoms with E-state index in [9.17, 15) is 29.7 Å². The van der Waals surface area contributed by atoms with Crippen LogP contribution < -0.4 is 26.0 Å². The van der Waals surface area contributed by atoms with E-state index < -0.39 is 42.1 Å². The van der Waals surface area contributed by atoms with E-state index in [2.05, 4.69) is 21.3 Å². The van der Waals surface area contributed by atoms with Gasteiger partial charge in [-0.25, -0.2) is 4.79 Å². The Morgan fingerprint density at radius 3 is 2.17 bits per heavy atom. The number of hydrogen-bond acceptors (Lipinski definition) is 7. The van der Waals surface area contributed by atoms with Crippen LogP contribution in [-0.4, -0.2) is 64.6 Å². The summed E-state index contributed by atoms with van der Waals surface area (Å²) in [6.07, 6.45) is -2.75. The molecule has 0 aliphatic carbocycles. The molecule has 0 radical (unpaired) electrons. The Bertz CT molecular complexity index is 1660. The fraction of sp³-hybridized carbons (Fsp3) is 0.306. The lowest BCUT2D eigenvalue weighted by molar-refractivity contribution is -0.133. The molecule has 0 spiro atoms. The molecule has 3 amide bonds. The number of carboxylic acid groups (broad SMARTS) is 1. The van der Waals surface area contributed by atoms with Crippen LogP contribution in [0.2, 0.25) is 0 Å². The number of carbonyl (C=O) groups excluding carboxylic acids is 2.